The van der Waals surface area contributed by atoms with E-state index >= 15 is 0 Å². The van der Waals surface area contributed by atoms with Crippen molar-refractivity contribution < 1.29 is 27.5 Å². The first-order valence-electron chi connectivity index (χ1n) is 7.08. The molecule has 0 saturated heterocycles. The Labute approximate surface area is 148 Å². The molecule has 0 saturated carbocycles. The minimum atomic E-state index is -4.53. The monoisotopic (exact) mass is 381 g/mol. The van der Waals surface area contributed by atoms with Crippen LogP contribution in [0.15, 0.2) is 63.4 Å². The minimum absolute atomic E-state index is 0.0146. The molecule has 26 heavy (non-hydrogen) atoms. The number of carbonyl (C=O) groups is 1. The quantitative estimate of drug-likeness (QED) is 0.388. The zero-order chi connectivity index (χ0) is 18.7. The molecule has 6 nitrogen and oxygen atoms in total. The summed E-state index contributed by atoms with van der Waals surface area (Å²) in [5.41, 5.74) is -0.742. The summed E-state index contributed by atoms with van der Waals surface area (Å²) in [6.07, 6.45) is -1.32. The number of aromatic amines is 1. The number of benzene rings is 1. The van der Waals surface area contributed by atoms with E-state index in [1.807, 2.05) is 0 Å². The lowest BCUT2D eigenvalue weighted by Crippen LogP contribution is -2.06. The summed E-state index contributed by atoms with van der Waals surface area (Å²) in [6.45, 7) is 0. The fourth-order valence-corrected chi connectivity index (χ4v) is 3.07. The number of carbonyl (C=O) groups excluding carboxylic acids is 1. The smallest absolute Gasteiger partial charge is 0.417 e. The van der Waals surface area contributed by atoms with Gasteiger partial charge in [0.1, 0.15) is 12.1 Å². The van der Waals surface area contributed by atoms with Gasteiger partial charge in [0.05, 0.1) is 17.4 Å². The SMILES string of the molecule is O=C(C=C(O)c1ccoc1Sc1ccccc1C(F)(F)F)c1ncn[nH]1. The Morgan fingerprint density at radius 3 is 2.73 bits per heavy atom. The minimum Gasteiger partial charge on any atom is -0.507 e. The van der Waals surface area contributed by atoms with Gasteiger partial charge in [-0.15, -0.1) is 0 Å². The number of allylic oxidation sites excluding steroid dienone is 1. The van der Waals surface area contributed by atoms with E-state index in [9.17, 15) is 23.1 Å². The average Bonchev–Trinajstić information content (AvgIpc) is 3.26. The number of aliphatic hydroxyl groups is 1. The molecule has 0 aliphatic rings. The highest BCUT2D eigenvalue weighted by molar-refractivity contribution is 7.99. The molecular formula is C16H10F3N3O3S. The van der Waals surface area contributed by atoms with E-state index in [0.717, 1.165) is 18.5 Å². The van der Waals surface area contributed by atoms with Crippen molar-refractivity contribution in [2.75, 3.05) is 0 Å². The maximum absolute atomic E-state index is 13.1. The third-order valence-corrected chi connectivity index (χ3v) is 4.29. The van der Waals surface area contributed by atoms with Crippen molar-refractivity contribution in [3.05, 3.63) is 65.9 Å². The van der Waals surface area contributed by atoms with Crippen molar-refractivity contribution >= 4 is 23.3 Å². The number of aromatic nitrogens is 3. The van der Waals surface area contributed by atoms with Crippen LogP contribution in [0.2, 0.25) is 0 Å². The molecule has 0 aliphatic carbocycles. The Balaban J connectivity index is 1.89. The number of nitrogens with zero attached hydrogens (tertiary/aromatic N) is 2. The fourth-order valence-electron chi connectivity index (χ4n) is 2.05. The molecule has 0 atom stereocenters. The van der Waals surface area contributed by atoms with Crippen LogP contribution in [0.5, 0.6) is 0 Å². The molecule has 10 heteroatoms. The fraction of sp³-hybridized carbons (Fsp3) is 0.0625. The van der Waals surface area contributed by atoms with Crippen molar-refractivity contribution in [3.8, 4) is 0 Å². The van der Waals surface area contributed by atoms with Crippen molar-refractivity contribution in [1.29, 1.82) is 0 Å². The van der Waals surface area contributed by atoms with Crippen LogP contribution in [0.1, 0.15) is 21.7 Å². The molecule has 2 N–H and O–H groups in total. The second-order valence-corrected chi connectivity index (χ2v) is 5.96. The van der Waals surface area contributed by atoms with Gasteiger partial charge in [-0.25, -0.2) is 4.98 Å². The topological polar surface area (TPSA) is 92.0 Å². The van der Waals surface area contributed by atoms with Gasteiger partial charge in [-0.2, -0.15) is 18.3 Å². The van der Waals surface area contributed by atoms with E-state index in [4.69, 9.17) is 4.42 Å². The molecule has 2 aromatic heterocycles. The molecule has 3 rings (SSSR count). The van der Waals surface area contributed by atoms with Gasteiger partial charge in [0, 0.05) is 11.0 Å². The molecule has 0 bridgehead atoms. The number of furan rings is 1. The Bertz CT molecular complexity index is 949. The number of hydrogen-bond acceptors (Lipinski definition) is 6. The first-order valence-corrected chi connectivity index (χ1v) is 7.90. The van der Waals surface area contributed by atoms with Crippen LogP contribution in [0, 0.1) is 0 Å². The summed E-state index contributed by atoms with van der Waals surface area (Å²) in [5.74, 6) is -1.20. The molecule has 2 heterocycles. The number of halogens is 3. The molecule has 1 aromatic carbocycles. The average molecular weight is 381 g/mol. The van der Waals surface area contributed by atoms with Gasteiger partial charge < -0.3 is 9.52 Å². The highest BCUT2D eigenvalue weighted by Gasteiger charge is 2.33. The Kier molecular flexibility index (Phi) is 4.85. The summed E-state index contributed by atoms with van der Waals surface area (Å²) in [6, 6.07) is 6.33. The van der Waals surface area contributed by atoms with E-state index < -0.39 is 23.3 Å². The molecule has 0 aliphatic heterocycles. The second kappa shape index (κ2) is 7.08. The molecule has 0 fully saturated rings. The first kappa shape index (κ1) is 17.8. The number of ketones is 1. The maximum atomic E-state index is 13.1. The summed E-state index contributed by atoms with van der Waals surface area (Å²) in [7, 11) is 0. The summed E-state index contributed by atoms with van der Waals surface area (Å²) in [4.78, 5) is 15.5. The molecule has 0 amide bonds. The van der Waals surface area contributed by atoms with Crippen LogP contribution in [-0.2, 0) is 6.18 Å². The number of hydrogen-bond donors (Lipinski definition) is 2. The first-order chi connectivity index (χ1) is 12.4. The van der Waals surface area contributed by atoms with E-state index in [1.165, 1.54) is 30.5 Å². The number of rotatable bonds is 5. The molecule has 3 aromatic rings. The van der Waals surface area contributed by atoms with E-state index in [-0.39, 0.29) is 21.4 Å². The van der Waals surface area contributed by atoms with Gasteiger partial charge in [-0.1, -0.05) is 23.9 Å². The molecule has 0 spiro atoms. The molecule has 134 valence electrons. The highest BCUT2D eigenvalue weighted by atomic mass is 32.2. The van der Waals surface area contributed by atoms with Crippen LogP contribution < -0.4 is 0 Å². The van der Waals surface area contributed by atoms with Gasteiger partial charge >= 0.3 is 6.18 Å². The molecule has 0 unspecified atom stereocenters. The van der Waals surface area contributed by atoms with Crippen LogP contribution in [-0.4, -0.2) is 26.1 Å². The normalized spacial score (nSPS) is 12.3. The predicted molar refractivity (Wildman–Crippen MR) is 85.6 cm³/mol. The lowest BCUT2D eigenvalue weighted by atomic mass is 10.2. The van der Waals surface area contributed by atoms with Crippen molar-refractivity contribution in [3.63, 3.8) is 0 Å². The van der Waals surface area contributed by atoms with Gasteiger partial charge in [-0.05, 0) is 18.2 Å². The highest BCUT2D eigenvalue weighted by Crippen LogP contribution is 2.41. The largest absolute Gasteiger partial charge is 0.507 e. The maximum Gasteiger partial charge on any atom is 0.417 e. The summed E-state index contributed by atoms with van der Waals surface area (Å²) in [5, 5.41) is 16.0. The van der Waals surface area contributed by atoms with Crippen molar-refractivity contribution in [1.82, 2.24) is 15.2 Å². The lowest BCUT2D eigenvalue weighted by molar-refractivity contribution is -0.139. The van der Waals surface area contributed by atoms with Crippen molar-refractivity contribution in [2.45, 2.75) is 16.2 Å². The third-order valence-electron chi connectivity index (χ3n) is 3.22. The van der Waals surface area contributed by atoms with E-state index in [1.54, 1.807) is 0 Å². The third kappa shape index (κ3) is 3.80. The Hall–Kier alpha value is -3.01. The molecular weight excluding hydrogens is 371 g/mol. The number of H-pyrrole nitrogens is 1. The van der Waals surface area contributed by atoms with Crippen LogP contribution in [0.3, 0.4) is 0 Å². The standard InChI is InChI=1S/C16H10F3N3O3S/c17-16(18,19)10-3-1-2-4-13(10)26-15-9(5-6-25-15)11(23)7-12(24)14-20-8-21-22-14/h1-8,23H,(H,20,21,22). The summed E-state index contributed by atoms with van der Waals surface area (Å²) >= 11 is 0.693. The predicted octanol–water partition coefficient (Wildman–Crippen LogP) is 4.35. The number of nitrogens with one attached hydrogen (secondary N) is 1. The lowest BCUT2D eigenvalue weighted by Gasteiger charge is -2.11. The van der Waals surface area contributed by atoms with Gasteiger partial charge in [0.2, 0.25) is 5.78 Å². The van der Waals surface area contributed by atoms with E-state index in [2.05, 4.69) is 15.2 Å². The number of aliphatic hydroxyl groups excluding tert-OH is 1. The van der Waals surface area contributed by atoms with E-state index in [0.29, 0.717) is 11.8 Å². The zero-order valence-electron chi connectivity index (χ0n) is 12.8. The van der Waals surface area contributed by atoms with Crippen LogP contribution in [0.25, 0.3) is 5.76 Å². The second-order valence-electron chi connectivity index (χ2n) is 4.95. The van der Waals surface area contributed by atoms with Crippen molar-refractivity contribution in [2.24, 2.45) is 0 Å². The van der Waals surface area contributed by atoms with Gasteiger partial charge in [0.15, 0.2) is 10.9 Å². The van der Waals surface area contributed by atoms with Gasteiger partial charge in [0.25, 0.3) is 0 Å². The number of alkyl halides is 3. The van der Waals surface area contributed by atoms with Crippen LogP contribution in [0.4, 0.5) is 13.2 Å². The summed E-state index contributed by atoms with van der Waals surface area (Å²) < 4.78 is 44.5. The van der Waals surface area contributed by atoms with Gasteiger partial charge in [-0.3, -0.25) is 9.89 Å². The zero-order valence-corrected chi connectivity index (χ0v) is 13.6. The van der Waals surface area contributed by atoms with Crippen LogP contribution >= 0.6 is 11.8 Å². The Morgan fingerprint density at radius 2 is 2.04 bits per heavy atom. The Morgan fingerprint density at radius 1 is 1.27 bits per heavy atom. The molecule has 0 radical (unpaired) electrons.